The van der Waals surface area contributed by atoms with Gasteiger partial charge in [-0.25, -0.2) is 23.1 Å². The van der Waals surface area contributed by atoms with Gasteiger partial charge in [0.05, 0.1) is 36.5 Å². The second-order valence-corrected chi connectivity index (χ2v) is 8.59. The summed E-state index contributed by atoms with van der Waals surface area (Å²) < 4.78 is 45.8. The van der Waals surface area contributed by atoms with Crippen LogP contribution in [0.2, 0.25) is 0 Å². The number of rotatable bonds is 4. The molecular formula is C27H24ClNO6. The van der Waals surface area contributed by atoms with Gasteiger partial charge in [-0.15, -0.1) is 10.2 Å². The van der Waals surface area contributed by atoms with Crippen LogP contribution < -0.4 is 23.5 Å². The van der Waals surface area contributed by atoms with Gasteiger partial charge in [0.1, 0.15) is 0 Å². The Morgan fingerprint density at radius 1 is 0.600 bits per heavy atom. The molecule has 0 spiro atoms. The van der Waals surface area contributed by atoms with E-state index in [4.69, 9.17) is 27.8 Å². The molecule has 0 unspecified atom stereocenters. The van der Waals surface area contributed by atoms with Gasteiger partial charge in [-0.05, 0) is 42.0 Å². The average Bonchev–Trinajstić information content (AvgIpc) is 2.89. The van der Waals surface area contributed by atoms with Crippen LogP contribution in [0.25, 0.3) is 33.8 Å². The van der Waals surface area contributed by atoms with Crippen LogP contribution in [-0.4, -0.2) is 26.3 Å². The van der Waals surface area contributed by atoms with E-state index in [9.17, 15) is 0 Å². The first-order valence-corrected chi connectivity index (χ1v) is 12.2. The van der Waals surface area contributed by atoms with Crippen molar-refractivity contribution >= 4 is 5.69 Å². The molecule has 35 heavy (non-hydrogen) atoms. The van der Waals surface area contributed by atoms with Crippen LogP contribution in [0.15, 0.2) is 101 Å². The molecule has 1 aromatic heterocycles. The molecule has 0 aliphatic carbocycles. The largest absolute Gasteiger partial charge is 0.378 e. The van der Waals surface area contributed by atoms with Crippen molar-refractivity contribution in [3.63, 3.8) is 0 Å². The first-order chi connectivity index (χ1) is 16.9. The maximum Gasteiger partial charge on any atom is 0.361 e. The van der Waals surface area contributed by atoms with Crippen molar-refractivity contribution in [1.29, 1.82) is 0 Å². The van der Waals surface area contributed by atoms with Gasteiger partial charge in [0.15, 0.2) is 0 Å². The number of halogens is 1. The van der Waals surface area contributed by atoms with E-state index >= 15 is 0 Å². The summed E-state index contributed by atoms with van der Waals surface area (Å²) in [6.45, 7) is 3.48. The van der Waals surface area contributed by atoms with Crippen molar-refractivity contribution in [2.45, 2.75) is 0 Å². The van der Waals surface area contributed by atoms with E-state index < -0.39 is 10.2 Å². The summed E-state index contributed by atoms with van der Waals surface area (Å²) in [5.41, 5.74) is 5.71. The lowest BCUT2D eigenvalue weighted by Gasteiger charge is -2.28. The Labute approximate surface area is 205 Å². The third kappa shape index (κ3) is 7.34. The predicted octanol–water partition coefficient (Wildman–Crippen LogP) is 1.64. The zero-order valence-electron chi connectivity index (χ0n) is 18.8. The van der Waals surface area contributed by atoms with Gasteiger partial charge in [-0.2, -0.15) is 0 Å². The molecular weight excluding hydrogens is 470 g/mol. The molecule has 1 fully saturated rings. The monoisotopic (exact) mass is 493 g/mol. The highest BCUT2D eigenvalue weighted by atomic mass is 35.7. The molecule has 0 saturated carbocycles. The summed E-state index contributed by atoms with van der Waals surface area (Å²) in [6, 6.07) is 33.6. The fourth-order valence-electron chi connectivity index (χ4n) is 3.84. The molecule has 4 aromatic rings. The molecule has 180 valence electrons. The highest BCUT2D eigenvalue weighted by molar-refractivity contribution is 5.75. The van der Waals surface area contributed by atoms with Gasteiger partial charge < -0.3 is 9.64 Å². The zero-order chi connectivity index (χ0) is 24.7. The molecule has 0 amide bonds. The Morgan fingerprint density at radius 3 is 1.51 bits per heavy atom. The number of nitrogens with zero attached hydrogens (tertiary/aromatic N) is 1. The summed E-state index contributed by atoms with van der Waals surface area (Å²) in [7, 11) is -4.94. The van der Waals surface area contributed by atoms with Gasteiger partial charge in [-0.1, -0.05) is 48.5 Å². The normalized spacial score (nSPS) is 13.7. The minimum atomic E-state index is -4.94. The number of anilines is 1. The quantitative estimate of drug-likeness (QED) is 0.397. The third-order valence-electron chi connectivity index (χ3n) is 5.49. The molecule has 5 rings (SSSR count). The number of ether oxygens (including phenoxy) is 1. The zero-order valence-corrected chi connectivity index (χ0v) is 19.6. The third-order valence-corrected chi connectivity index (χ3v) is 5.49. The average molecular weight is 494 g/mol. The molecule has 8 heteroatoms. The van der Waals surface area contributed by atoms with Crippen LogP contribution in [0.3, 0.4) is 0 Å². The van der Waals surface area contributed by atoms with Crippen LogP contribution in [0.5, 0.6) is 0 Å². The highest BCUT2D eigenvalue weighted by Crippen LogP contribution is 2.33. The molecule has 2 heterocycles. The highest BCUT2D eigenvalue weighted by Gasteiger charge is 2.20. The maximum absolute atomic E-state index is 8.49. The van der Waals surface area contributed by atoms with Gasteiger partial charge >= 0.3 is 11.5 Å². The lowest BCUT2D eigenvalue weighted by atomic mass is 10.0. The summed E-state index contributed by atoms with van der Waals surface area (Å²) in [6.07, 6.45) is 0. The van der Waals surface area contributed by atoms with Crippen molar-refractivity contribution in [2.75, 3.05) is 31.2 Å². The van der Waals surface area contributed by atoms with E-state index in [0.29, 0.717) is 0 Å². The second-order valence-electron chi connectivity index (χ2n) is 7.83. The van der Waals surface area contributed by atoms with E-state index in [-0.39, 0.29) is 0 Å². The molecule has 1 aliphatic heterocycles. The van der Waals surface area contributed by atoms with E-state index in [1.54, 1.807) is 0 Å². The number of morpholine rings is 1. The fraction of sp³-hybridized carbons (Fsp3) is 0.148. The summed E-state index contributed by atoms with van der Waals surface area (Å²) in [5.74, 6) is 1.73. The minimum absolute atomic E-state index is 0.794. The maximum atomic E-state index is 8.49. The Hall–Kier alpha value is -3.30. The second kappa shape index (κ2) is 11.4. The van der Waals surface area contributed by atoms with Gasteiger partial charge in [0.2, 0.25) is 0 Å². The standard InChI is InChI=1S/C27H24NO2.ClHO4/c1-3-7-22(8-4-1)26-19-24(20-27(30-26)23-9-5-2-6-10-23)21-11-13-25(14-12-21)28-15-17-29-18-16-28;2-1(3,4)5/h1-14,19-20H,15-18H2;(H,2,3,4,5)/q+1;/p-1. The van der Waals surface area contributed by atoms with Crippen LogP contribution in [-0.2, 0) is 4.74 Å². The Balaban J connectivity index is 0.000000527. The molecule has 0 bridgehead atoms. The van der Waals surface area contributed by atoms with Crippen LogP contribution >= 0.6 is 0 Å². The number of hydrogen-bond donors (Lipinski definition) is 0. The molecule has 0 radical (unpaired) electrons. The lowest BCUT2D eigenvalue weighted by molar-refractivity contribution is -2.00. The first-order valence-electron chi connectivity index (χ1n) is 11.0. The van der Waals surface area contributed by atoms with Crippen molar-refractivity contribution in [2.24, 2.45) is 0 Å². The first kappa shape index (κ1) is 24.8. The molecule has 0 atom stereocenters. The molecule has 7 nitrogen and oxygen atoms in total. The lowest BCUT2D eigenvalue weighted by Crippen LogP contribution is -2.68. The van der Waals surface area contributed by atoms with Gasteiger partial charge in [0.25, 0.3) is 0 Å². The topological polar surface area (TPSA) is 116 Å². The van der Waals surface area contributed by atoms with E-state index in [2.05, 4.69) is 65.6 Å². The smallest absolute Gasteiger partial charge is 0.361 e. The van der Waals surface area contributed by atoms with E-state index in [1.807, 2.05) is 36.4 Å². The molecule has 3 aromatic carbocycles. The van der Waals surface area contributed by atoms with Crippen molar-refractivity contribution in [3.05, 3.63) is 97.1 Å². The Bertz CT molecular complexity index is 1140. The van der Waals surface area contributed by atoms with E-state index in [1.165, 1.54) is 11.3 Å². The number of benzene rings is 3. The minimum Gasteiger partial charge on any atom is -0.378 e. The van der Waals surface area contributed by atoms with Gasteiger partial charge in [0, 0.05) is 24.3 Å². The predicted molar refractivity (Wildman–Crippen MR) is 122 cm³/mol. The van der Waals surface area contributed by atoms with Crippen LogP contribution in [0.4, 0.5) is 5.69 Å². The summed E-state index contributed by atoms with van der Waals surface area (Å²) >= 11 is 0. The number of hydrogen-bond acceptors (Lipinski definition) is 6. The Kier molecular flexibility index (Phi) is 8.09. The fourth-order valence-corrected chi connectivity index (χ4v) is 3.84. The SMILES string of the molecule is [O-][Cl+3]([O-])([O-])[O-].c1ccc(-c2cc(-c3ccc(N4CCOCC4)cc3)cc(-c3ccccc3)[o+]2)cc1. The van der Waals surface area contributed by atoms with Gasteiger partial charge in [-0.3, -0.25) is 0 Å². The van der Waals surface area contributed by atoms with Crippen molar-refractivity contribution in [3.8, 4) is 33.8 Å². The van der Waals surface area contributed by atoms with E-state index in [0.717, 1.165) is 54.5 Å². The summed E-state index contributed by atoms with van der Waals surface area (Å²) in [5, 5.41) is 0. The van der Waals surface area contributed by atoms with Crippen LogP contribution in [0, 0.1) is 10.2 Å². The Morgan fingerprint density at radius 2 is 1.06 bits per heavy atom. The molecule has 0 N–H and O–H groups in total. The van der Waals surface area contributed by atoms with Crippen molar-refractivity contribution < 1.29 is 38.0 Å². The van der Waals surface area contributed by atoms with Crippen LogP contribution in [0.1, 0.15) is 0 Å². The van der Waals surface area contributed by atoms with Crippen molar-refractivity contribution in [1.82, 2.24) is 0 Å². The molecule has 1 aliphatic rings. The molecule has 1 saturated heterocycles. The summed E-state index contributed by atoms with van der Waals surface area (Å²) in [4.78, 5) is 2.37.